The first-order chi connectivity index (χ1) is 8.76. The maximum absolute atomic E-state index is 12.0. The molecule has 106 valence electrons. The van der Waals surface area contributed by atoms with E-state index in [0.29, 0.717) is 19.1 Å². The van der Waals surface area contributed by atoms with Crippen molar-refractivity contribution >= 4 is 11.9 Å². The minimum atomic E-state index is -0.468. The summed E-state index contributed by atoms with van der Waals surface area (Å²) in [6.07, 6.45) is -0.285. The molecule has 6 nitrogen and oxygen atoms in total. The number of hydrogen-bond acceptors (Lipinski definition) is 4. The Kier molecular flexibility index (Phi) is 3.43. The number of ether oxygens (including phenoxy) is 1. The Morgan fingerprint density at radius 2 is 2.11 bits per heavy atom. The lowest BCUT2D eigenvalue weighted by molar-refractivity contribution is 0.0240. The Bertz CT molecular complexity index is 473. The van der Waals surface area contributed by atoms with Gasteiger partial charge in [0.25, 0.3) is 0 Å². The van der Waals surface area contributed by atoms with Gasteiger partial charge in [0, 0.05) is 11.6 Å². The predicted molar refractivity (Wildman–Crippen MR) is 72.8 cm³/mol. The van der Waals surface area contributed by atoms with E-state index < -0.39 is 5.60 Å². The Morgan fingerprint density at radius 1 is 1.42 bits per heavy atom. The summed E-state index contributed by atoms with van der Waals surface area (Å²) in [5.74, 6) is 0.830. The predicted octanol–water partition coefficient (Wildman–Crippen LogP) is 2.48. The molecule has 0 unspecified atom stereocenters. The highest BCUT2D eigenvalue weighted by Gasteiger charge is 2.31. The molecule has 1 aliphatic rings. The summed E-state index contributed by atoms with van der Waals surface area (Å²) in [6.45, 7) is 10.8. The van der Waals surface area contributed by atoms with Gasteiger partial charge in [0.1, 0.15) is 5.60 Å². The van der Waals surface area contributed by atoms with Gasteiger partial charge in [-0.1, -0.05) is 0 Å². The quantitative estimate of drug-likeness (QED) is 0.862. The number of nitrogens with one attached hydrogen (secondary N) is 2. The van der Waals surface area contributed by atoms with Crippen LogP contribution in [0.1, 0.15) is 45.9 Å². The van der Waals surface area contributed by atoms with Crippen LogP contribution in [0.25, 0.3) is 0 Å². The van der Waals surface area contributed by atoms with Gasteiger partial charge in [-0.25, -0.2) is 4.79 Å². The monoisotopic (exact) mass is 266 g/mol. The number of carbonyl (C=O) groups is 1. The third-order valence-corrected chi connectivity index (χ3v) is 2.73. The molecule has 0 aliphatic carbocycles. The van der Waals surface area contributed by atoms with Gasteiger partial charge < -0.3 is 10.1 Å². The molecule has 2 N–H and O–H groups in total. The van der Waals surface area contributed by atoms with Crippen molar-refractivity contribution in [2.24, 2.45) is 0 Å². The highest BCUT2D eigenvalue weighted by molar-refractivity contribution is 5.70. The normalized spacial score (nSPS) is 14.7. The van der Waals surface area contributed by atoms with E-state index in [1.165, 1.54) is 0 Å². The third-order valence-electron chi connectivity index (χ3n) is 2.73. The molecule has 0 spiro atoms. The average Bonchev–Trinajstić information content (AvgIpc) is 2.77. The molecule has 6 heteroatoms. The van der Waals surface area contributed by atoms with Crippen LogP contribution in [0.15, 0.2) is 0 Å². The van der Waals surface area contributed by atoms with Gasteiger partial charge in [0.2, 0.25) is 0 Å². The molecular formula is C13H22N4O2. The minimum absolute atomic E-state index is 0.285. The lowest BCUT2D eigenvalue weighted by Gasteiger charge is -2.24. The summed E-state index contributed by atoms with van der Waals surface area (Å²) < 4.78 is 5.38. The lowest BCUT2D eigenvalue weighted by Crippen LogP contribution is -2.33. The van der Waals surface area contributed by atoms with Crippen LogP contribution in [0, 0.1) is 0 Å². The average molecular weight is 266 g/mol. The van der Waals surface area contributed by atoms with E-state index in [0.717, 1.165) is 17.1 Å². The van der Waals surface area contributed by atoms with E-state index in [2.05, 4.69) is 29.4 Å². The molecule has 0 fully saturated rings. The highest BCUT2D eigenvalue weighted by Crippen LogP contribution is 2.28. The number of amides is 1. The fourth-order valence-electron chi connectivity index (χ4n) is 1.99. The Balaban J connectivity index is 2.04. The molecule has 0 saturated heterocycles. The van der Waals surface area contributed by atoms with E-state index >= 15 is 0 Å². The zero-order valence-electron chi connectivity index (χ0n) is 12.2. The van der Waals surface area contributed by atoms with Crippen LogP contribution in [-0.4, -0.2) is 32.8 Å². The van der Waals surface area contributed by atoms with Gasteiger partial charge in [-0.3, -0.25) is 10.00 Å². The molecule has 0 atom stereocenters. The topological polar surface area (TPSA) is 70.2 Å². The number of aromatic amines is 1. The highest BCUT2D eigenvalue weighted by atomic mass is 16.6. The molecule has 2 heterocycles. The molecule has 2 rings (SSSR count). The number of hydrogen-bond donors (Lipinski definition) is 2. The van der Waals surface area contributed by atoms with Gasteiger partial charge in [-0.2, -0.15) is 5.10 Å². The largest absolute Gasteiger partial charge is 0.444 e. The third kappa shape index (κ3) is 3.19. The summed E-state index contributed by atoms with van der Waals surface area (Å²) in [6, 6.07) is 0.308. The van der Waals surface area contributed by atoms with Crippen LogP contribution < -0.4 is 5.32 Å². The smallest absolute Gasteiger partial charge is 0.410 e. The molecule has 1 amide bonds. The maximum atomic E-state index is 12.0. The standard InChI is InChI=1S/C13H22N4O2/c1-8(2)14-11-9-6-17(7-10(9)15-16-11)12(18)19-13(3,4)5/h8H,6-7H2,1-5H3,(H2,14,15,16). The molecule has 0 saturated carbocycles. The van der Waals surface area contributed by atoms with Crippen molar-refractivity contribution in [1.82, 2.24) is 15.1 Å². The maximum Gasteiger partial charge on any atom is 0.410 e. The molecule has 19 heavy (non-hydrogen) atoms. The van der Waals surface area contributed by atoms with E-state index in [1.807, 2.05) is 20.8 Å². The molecular weight excluding hydrogens is 244 g/mol. The van der Waals surface area contributed by atoms with E-state index in [9.17, 15) is 4.79 Å². The summed E-state index contributed by atoms with van der Waals surface area (Å²) in [7, 11) is 0. The SMILES string of the molecule is CC(C)Nc1n[nH]c2c1CN(C(=O)OC(C)(C)C)C2. The minimum Gasteiger partial charge on any atom is -0.444 e. The van der Waals surface area contributed by atoms with Crippen molar-refractivity contribution in [3.8, 4) is 0 Å². The zero-order chi connectivity index (χ0) is 14.2. The van der Waals surface area contributed by atoms with E-state index in [1.54, 1.807) is 4.90 Å². The summed E-state index contributed by atoms with van der Waals surface area (Å²) in [4.78, 5) is 13.7. The van der Waals surface area contributed by atoms with E-state index in [-0.39, 0.29) is 6.09 Å². The van der Waals surface area contributed by atoms with Crippen LogP contribution in [-0.2, 0) is 17.8 Å². The molecule has 0 radical (unpaired) electrons. The van der Waals surface area contributed by atoms with Crippen molar-refractivity contribution in [2.45, 2.75) is 59.4 Å². The summed E-state index contributed by atoms with van der Waals surface area (Å²) in [5.41, 5.74) is 1.57. The Labute approximate surface area is 113 Å². The van der Waals surface area contributed by atoms with Gasteiger partial charge in [-0.05, 0) is 34.6 Å². The second kappa shape index (κ2) is 4.75. The van der Waals surface area contributed by atoms with Crippen LogP contribution in [0.3, 0.4) is 0 Å². The zero-order valence-corrected chi connectivity index (χ0v) is 12.2. The van der Waals surface area contributed by atoms with Crippen molar-refractivity contribution in [3.05, 3.63) is 11.3 Å². The first kappa shape index (κ1) is 13.7. The number of fused-ring (bicyclic) bond motifs is 1. The van der Waals surface area contributed by atoms with Crippen molar-refractivity contribution in [3.63, 3.8) is 0 Å². The fourth-order valence-corrected chi connectivity index (χ4v) is 1.99. The molecule has 1 aliphatic heterocycles. The first-order valence-electron chi connectivity index (χ1n) is 6.57. The second-order valence-corrected chi connectivity index (χ2v) is 6.16. The number of H-pyrrole nitrogens is 1. The lowest BCUT2D eigenvalue weighted by atomic mass is 10.2. The van der Waals surface area contributed by atoms with Crippen LogP contribution in [0.4, 0.5) is 10.6 Å². The number of carbonyl (C=O) groups excluding carboxylic acids is 1. The number of rotatable bonds is 2. The Morgan fingerprint density at radius 3 is 2.68 bits per heavy atom. The summed E-state index contributed by atoms with van der Waals surface area (Å²) >= 11 is 0. The van der Waals surface area contributed by atoms with Crippen LogP contribution in [0.2, 0.25) is 0 Å². The van der Waals surface area contributed by atoms with Gasteiger partial charge in [-0.15, -0.1) is 0 Å². The van der Waals surface area contributed by atoms with Crippen LogP contribution in [0.5, 0.6) is 0 Å². The molecule has 0 bridgehead atoms. The number of aromatic nitrogens is 2. The van der Waals surface area contributed by atoms with Gasteiger partial charge in [0.05, 0.1) is 18.8 Å². The second-order valence-electron chi connectivity index (χ2n) is 6.16. The first-order valence-corrected chi connectivity index (χ1v) is 6.57. The Hall–Kier alpha value is -1.72. The molecule has 1 aromatic heterocycles. The summed E-state index contributed by atoms with van der Waals surface area (Å²) in [5, 5.41) is 10.5. The van der Waals surface area contributed by atoms with Crippen molar-refractivity contribution in [2.75, 3.05) is 5.32 Å². The van der Waals surface area contributed by atoms with Gasteiger partial charge in [0.15, 0.2) is 5.82 Å². The van der Waals surface area contributed by atoms with E-state index in [4.69, 9.17) is 4.74 Å². The van der Waals surface area contributed by atoms with Crippen molar-refractivity contribution in [1.29, 1.82) is 0 Å². The molecule has 0 aromatic carbocycles. The van der Waals surface area contributed by atoms with Crippen LogP contribution >= 0.6 is 0 Å². The van der Waals surface area contributed by atoms with Crippen molar-refractivity contribution < 1.29 is 9.53 Å². The fraction of sp³-hybridized carbons (Fsp3) is 0.692. The van der Waals surface area contributed by atoms with Gasteiger partial charge >= 0.3 is 6.09 Å². The number of anilines is 1. The number of nitrogens with zero attached hydrogens (tertiary/aromatic N) is 2. The molecule has 1 aromatic rings.